The van der Waals surface area contributed by atoms with Crippen molar-refractivity contribution < 1.29 is 13.5 Å². The Morgan fingerprint density at radius 2 is 2.33 bits per heavy atom. The fourth-order valence-electron chi connectivity index (χ4n) is 1.60. The van der Waals surface area contributed by atoms with E-state index in [0.29, 0.717) is 13.1 Å². The maximum Gasteiger partial charge on any atom is 0.261 e. The first kappa shape index (κ1) is 10.4. The predicted octanol–water partition coefficient (Wildman–Crippen LogP) is 1.16. The number of aromatic nitrogens is 1. The van der Waals surface area contributed by atoms with Crippen molar-refractivity contribution in [2.75, 3.05) is 19.7 Å². The van der Waals surface area contributed by atoms with Gasteiger partial charge in [0.25, 0.3) is 6.43 Å². The van der Waals surface area contributed by atoms with Gasteiger partial charge in [0.15, 0.2) is 0 Å². The molecule has 82 valence electrons. The zero-order valence-corrected chi connectivity index (χ0v) is 8.12. The number of ether oxygens (including phenoxy) is 1. The van der Waals surface area contributed by atoms with Crippen LogP contribution in [-0.4, -0.2) is 31.1 Å². The van der Waals surface area contributed by atoms with Gasteiger partial charge in [-0.1, -0.05) is 6.07 Å². The van der Waals surface area contributed by atoms with Gasteiger partial charge in [-0.2, -0.15) is 0 Å². The standard InChI is InChI=1S/C10H12F2N2O/c11-9(12)5-15-10(6-14-7-10)8-2-1-3-13-4-8/h1-4,9,14H,5-7H2. The SMILES string of the molecule is FC(F)COC1(c2cccnc2)CNC1. The Morgan fingerprint density at radius 1 is 1.53 bits per heavy atom. The summed E-state index contributed by atoms with van der Waals surface area (Å²) in [5.41, 5.74) is 0.245. The molecule has 0 atom stereocenters. The lowest BCUT2D eigenvalue weighted by Gasteiger charge is -2.42. The minimum atomic E-state index is -2.43. The molecule has 0 aromatic carbocycles. The number of hydrogen-bond acceptors (Lipinski definition) is 3. The third kappa shape index (κ3) is 2.13. The monoisotopic (exact) mass is 214 g/mol. The summed E-state index contributed by atoms with van der Waals surface area (Å²) in [6, 6.07) is 3.63. The molecule has 0 radical (unpaired) electrons. The molecule has 0 amide bonds. The van der Waals surface area contributed by atoms with Crippen molar-refractivity contribution in [3.05, 3.63) is 30.1 Å². The molecule has 1 fully saturated rings. The molecule has 0 unspecified atom stereocenters. The van der Waals surface area contributed by atoms with E-state index in [0.717, 1.165) is 5.56 Å². The van der Waals surface area contributed by atoms with Crippen LogP contribution in [0.15, 0.2) is 24.5 Å². The molecule has 15 heavy (non-hydrogen) atoms. The Labute approximate surface area is 86.5 Å². The molecule has 0 bridgehead atoms. The van der Waals surface area contributed by atoms with Crippen LogP contribution >= 0.6 is 0 Å². The van der Waals surface area contributed by atoms with Crippen molar-refractivity contribution in [1.29, 1.82) is 0 Å². The van der Waals surface area contributed by atoms with Crippen molar-refractivity contribution >= 4 is 0 Å². The lowest BCUT2D eigenvalue weighted by Crippen LogP contribution is -2.58. The number of nitrogens with one attached hydrogen (secondary N) is 1. The summed E-state index contributed by atoms with van der Waals surface area (Å²) < 4.78 is 29.4. The predicted molar refractivity (Wildman–Crippen MR) is 50.7 cm³/mol. The largest absolute Gasteiger partial charge is 0.362 e. The molecule has 1 aliphatic rings. The van der Waals surface area contributed by atoms with E-state index in [1.54, 1.807) is 18.5 Å². The second-order valence-electron chi connectivity index (χ2n) is 3.54. The summed E-state index contributed by atoms with van der Waals surface area (Å²) in [6.45, 7) is 0.591. The molecular formula is C10H12F2N2O. The van der Waals surface area contributed by atoms with Gasteiger partial charge in [0.2, 0.25) is 0 Å². The summed E-state index contributed by atoms with van der Waals surface area (Å²) in [5, 5.41) is 3.03. The Hall–Kier alpha value is -1.07. The van der Waals surface area contributed by atoms with Crippen LogP contribution in [0.5, 0.6) is 0 Å². The van der Waals surface area contributed by atoms with Gasteiger partial charge in [0.1, 0.15) is 12.2 Å². The highest BCUT2D eigenvalue weighted by Crippen LogP contribution is 2.29. The summed E-state index contributed by atoms with van der Waals surface area (Å²) >= 11 is 0. The summed E-state index contributed by atoms with van der Waals surface area (Å²) in [7, 11) is 0. The highest BCUT2D eigenvalue weighted by atomic mass is 19.3. The van der Waals surface area contributed by atoms with Gasteiger partial charge >= 0.3 is 0 Å². The molecule has 0 spiro atoms. The number of nitrogens with zero attached hydrogens (tertiary/aromatic N) is 1. The van der Waals surface area contributed by atoms with Crippen LogP contribution in [0.25, 0.3) is 0 Å². The molecule has 0 saturated carbocycles. The molecule has 1 aromatic rings. The van der Waals surface area contributed by atoms with E-state index in [1.165, 1.54) is 0 Å². The summed E-state index contributed by atoms with van der Waals surface area (Å²) in [6.07, 6.45) is 0.877. The van der Waals surface area contributed by atoms with E-state index in [1.807, 2.05) is 6.07 Å². The molecule has 1 N–H and O–H groups in total. The second kappa shape index (κ2) is 4.20. The van der Waals surface area contributed by atoms with E-state index >= 15 is 0 Å². The minimum Gasteiger partial charge on any atom is -0.362 e. The van der Waals surface area contributed by atoms with Gasteiger partial charge in [-0.15, -0.1) is 0 Å². The van der Waals surface area contributed by atoms with Crippen molar-refractivity contribution in [1.82, 2.24) is 10.3 Å². The Kier molecular flexibility index (Phi) is 2.93. The van der Waals surface area contributed by atoms with Gasteiger partial charge in [-0.05, 0) is 6.07 Å². The van der Waals surface area contributed by atoms with Crippen LogP contribution in [0.4, 0.5) is 8.78 Å². The van der Waals surface area contributed by atoms with E-state index in [9.17, 15) is 8.78 Å². The normalized spacial score (nSPS) is 18.9. The van der Waals surface area contributed by atoms with E-state index < -0.39 is 18.6 Å². The third-order valence-corrected chi connectivity index (χ3v) is 2.49. The second-order valence-corrected chi connectivity index (χ2v) is 3.54. The molecule has 5 heteroatoms. The number of hydrogen-bond donors (Lipinski definition) is 1. The number of halogens is 2. The van der Waals surface area contributed by atoms with Crippen molar-refractivity contribution in [3.63, 3.8) is 0 Å². The van der Waals surface area contributed by atoms with Gasteiger partial charge in [-0.3, -0.25) is 4.98 Å². The first-order valence-corrected chi connectivity index (χ1v) is 4.76. The number of rotatable bonds is 4. The Balaban J connectivity index is 2.08. The van der Waals surface area contributed by atoms with Crippen LogP contribution < -0.4 is 5.32 Å². The van der Waals surface area contributed by atoms with Gasteiger partial charge in [-0.25, -0.2) is 8.78 Å². The van der Waals surface area contributed by atoms with Gasteiger partial charge in [0.05, 0.1) is 0 Å². The first-order valence-electron chi connectivity index (χ1n) is 4.76. The van der Waals surface area contributed by atoms with Crippen molar-refractivity contribution in [2.45, 2.75) is 12.0 Å². The number of pyridine rings is 1. The highest BCUT2D eigenvalue weighted by Gasteiger charge is 2.40. The molecular weight excluding hydrogens is 202 g/mol. The minimum absolute atomic E-state index is 0.531. The summed E-state index contributed by atoms with van der Waals surface area (Å²) in [5.74, 6) is 0. The van der Waals surface area contributed by atoms with Crippen LogP contribution in [0.1, 0.15) is 5.56 Å². The molecule has 2 heterocycles. The van der Waals surface area contributed by atoms with Crippen LogP contribution in [0.3, 0.4) is 0 Å². The van der Waals surface area contributed by atoms with Gasteiger partial charge in [0, 0.05) is 31.0 Å². The average Bonchev–Trinajstić information content (AvgIpc) is 2.17. The molecule has 1 aliphatic heterocycles. The molecule has 2 rings (SSSR count). The zero-order valence-electron chi connectivity index (χ0n) is 8.12. The van der Waals surface area contributed by atoms with Crippen LogP contribution in [-0.2, 0) is 10.3 Å². The summed E-state index contributed by atoms with van der Waals surface area (Å²) in [4.78, 5) is 3.96. The molecule has 1 aromatic heterocycles. The topological polar surface area (TPSA) is 34.1 Å². The Morgan fingerprint density at radius 3 is 2.80 bits per heavy atom. The fraction of sp³-hybridized carbons (Fsp3) is 0.500. The van der Waals surface area contributed by atoms with E-state index in [4.69, 9.17) is 4.74 Å². The lowest BCUT2D eigenvalue weighted by molar-refractivity contribution is -0.120. The van der Waals surface area contributed by atoms with Crippen LogP contribution in [0, 0.1) is 0 Å². The van der Waals surface area contributed by atoms with Crippen LogP contribution in [0.2, 0.25) is 0 Å². The van der Waals surface area contributed by atoms with Crippen molar-refractivity contribution in [3.8, 4) is 0 Å². The van der Waals surface area contributed by atoms with E-state index in [-0.39, 0.29) is 0 Å². The van der Waals surface area contributed by atoms with Gasteiger partial charge < -0.3 is 10.1 Å². The van der Waals surface area contributed by atoms with E-state index in [2.05, 4.69) is 10.3 Å². The first-order chi connectivity index (χ1) is 7.23. The maximum atomic E-state index is 12.1. The highest BCUT2D eigenvalue weighted by molar-refractivity contribution is 5.23. The third-order valence-electron chi connectivity index (χ3n) is 2.49. The average molecular weight is 214 g/mol. The Bertz CT molecular complexity index is 314. The lowest BCUT2D eigenvalue weighted by atomic mass is 9.89. The zero-order chi connectivity index (χ0) is 10.7. The fourth-order valence-corrected chi connectivity index (χ4v) is 1.60. The maximum absolute atomic E-state index is 12.1. The quantitative estimate of drug-likeness (QED) is 0.816. The number of alkyl halides is 2. The van der Waals surface area contributed by atoms with Crippen molar-refractivity contribution in [2.24, 2.45) is 0 Å². The molecule has 3 nitrogen and oxygen atoms in total. The molecule has 0 aliphatic carbocycles. The molecule has 1 saturated heterocycles. The smallest absolute Gasteiger partial charge is 0.261 e.